The number of nitrogens with zero attached hydrogens (tertiary/aromatic N) is 1. The Morgan fingerprint density at radius 3 is 2.72 bits per heavy atom. The lowest BCUT2D eigenvalue weighted by atomic mass is 9.98. The minimum absolute atomic E-state index is 0.0170. The molecule has 0 unspecified atom stereocenters. The van der Waals surface area contributed by atoms with Gasteiger partial charge in [0.2, 0.25) is 0 Å². The van der Waals surface area contributed by atoms with Crippen LogP contribution in [0.3, 0.4) is 0 Å². The number of Topliss-reactive ketones (excluding diaryl/α,β-unsaturated/α-hetero) is 1. The monoisotopic (exact) mass is 364 g/mol. The highest BCUT2D eigenvalue weighted by atomic mass is 32.1. The molecule has 1 aliphatic heterocycles. The van der Waals surface area contributed by atoms with Crippen molar-refractivity contribution in [3.63, 3.8) is 0 Å². The Labute approximate surface area is 149 Å². The first kappa shape index (κ1) is 17.6. The van der Waals surface area contributed by atoms with Gasteiger partial charge in [0, 0.05) is 6.42 Å². The number of hydrogen-bond acceptors (Lipinski definition) is 6. The van der Waals surface area contributed by atoms with Crippen LogP contribution in [0.2, 0.25) is 0 Å². The van der Waals surface area contributed by atoms with Crippen molar-refractivity contribution < 1.29 is 23.9 Å². The number of ether oxygens (including phenoxy) is 1. The second kappa shape index (κ2) is 7.35. The van der Waals surface area contributed by atoms with Crippen LogP contribution >= 0.6 is 11.3 Å². The highest BCUT2D eigenvalue weighted by molar-refractivity contribution is 7.12. The van der Waals surface area contributed by atoms with Crippen molar-refractivity contribution in [1.29, 1.82) is 0 Å². The number of nitrogens with one attached hydrogen (secondary N) is 1. The molecule has 1 saturated carbocycles. The minimum Gasteiger partial charge on any atom is -0.464 e. The van der Waals surface area contributed by atoms with E-state index in [2.05, 4.69) is 5.32 Å². The van der Waals surface area contributed by atoms with Gasteiger partial charge in [0.25, 0.3) is 5.91 Å². The van der Waals surface area contributed by atoms with E-state index in [9.17, 15) is 19.2 Å². The summed E-state index contributed by atoms with van der Waals surface area (Å²) in [4.78, 5) is 49.7. The molecular formula is C17H20N2O5S. The predicted octanol–water partition coefficient (Wildman–Crippen LogP) is 2.12. The molecule has 25 heavy (non-hydrogen) atoms. The number of ketones is 1. The third-order valence-electron chi connectivity index (χ3n) is 4.60. The van der Waals surface area contributed by atoms with Gasteiger partial charge in [-0.15, -0.1) is 11.3 Å². The van der Waals surface area contributed by atoms with Gasteiger partial charge in [0.05, 0.1) is 11.5 Å². The van der Waals surface area contributed by atoms with Crippen LogP contribution in [-0.2, 0) is 14.3 Å². The molecule has 3 rings (SSSR count). The summed E-state index contributed by atoms with van der Waals surface area (Å²) in [6.07, 6.45) is 3.72. The first-order valence-corrected chi connectivity index (χ1v) is 9.26. The Balaban J connectivity index is 1.41. The standard InChI is InChI=1S/C17H20N2O5S/c20-12(13-6-4-10-25-13)5-3-9-24-14(21)11-19-15(22)17(18-16(19)23)7-1-2-8-17/h4,6,10H,1-3,5,7-9,11H2,(H,18,23). The largest absolute Gasteiger partial charge is 0.464 e. The van der Waals surface area contributed by atoms with Gasteiger partial charge in [0.15, 0.2) is 5.78 Å². The number of rotatable bonds is 7. The van der Waals surface area contributed by atoms with E-state index in [4.69, 9.17) is 4.74 Å². The van der Waals surface area contributed by atoms with E-state index in [-0.39, 0.29) is 24.8 Å². The molecule has 8 heteroatoms. The molecule has 7 nitrogen and oxygen atoms in total. The topological polar surface area (TPSA) is 92.8 Å². The van der Waals surface area contributed by atoms with Crippen LogP contribution in [0.5, 0.6) is 0 Å². The van der Waals surface area contributed by atoms with Crippen LogP contribution in [0.25, 0.3) is 0 Å². The van der Waals surface area contributed by atoms with Gasteiger partial charge in [0.1, 0.15) is 12.1 Å². The van der Waals surface area contributed by atoms with Gasteiger partial charge >= 0.3 is 12.0 Å². The molecule has 0 radical (unpaired) electrons. The van der Waals surface area contributed by atoms with Gasteiger partial charge in [-0.05, 0) is 30.7 Å². The number of imide groups is 1. The smallest absolute Gasteiger partial charge is 0.326 e. The van der Waals surface area contributed by atoms with Gasteiger partial charge in [-0.2, -0.15) is 0 Å². The maximum Gasteiger partial charge on any atom is 0.326 e. The molecule has 1 aromatic rings. The average Bonchev–Trinajstić information content (AvgIpc) is 3.31. The maximum atomic E-state index is 12.4. The summed E-state index contributed by atoms with van der Waals surface area (Å²) in [6, 6.07) is 3.04. The molecular weight excluding hydrogens is 344 g/mol. The van der Waals surface area contributed by atoms with Crippen LogP contribution < -0.4 is 5.32 Å². The zero-order chi connectivity index (χ0) is 17.9. The van der Waals surface area contributed by atoms with Crippen LogP contribution in [0, 0.1) is 0 Å². The zero-order valence-electron chi connectivity index (χ0n) is 13.8. The van der Waals surface area contributed by atoms with Crippen molar-refractivity contribution in [2.75, 3.05) is 13.2 Å². The molecule has 0 atom stereocenters. The van der Waals surface area contributed by atoms with Crippen molar-refractivity contribution in [2.24, 2.45) is 0 Å². The number of esters is 1. The molecule has 2 heterocycles. The third kappa shape index (κ3) is 3.73. The van der Waals surface area contributed by atoms with E-state index in [0.717, 1.165) is 17.7 Å². The molecule has 1 N–H and O–H groups in total. The Morgan fingerprint density at radius 1 is 1.28 bits per heavy atom. The van der Waals surface area contributed by atoms with Gasteiger partial charge in [-0.3, -0.25) is 19.3 Å². The van der Waals surface area contributed by atoms with Crippen LogP contribution in [-0.4, -0.2) is 47.3 Å². The highest BCUT2D eigenvalue weighted by Gasteiger charge is 2.52. The number of carbonyl (C=O) groups is 4. The molecule has 1 aliphatic carbocycles. The van der Waals surface area contributed by atoms with E-state index in [0.29, 0.717) is 30.6 Å². The lowest BCUT2D eigenvalue weighted by Crippen LogP contribution is -2.44. The normalized spacial score (nSPS) is 18.6. The van der Waals surface area contributed by atoms with Crippen molar-refractivity contribution in [1.82, 2.24) is 10.2 Å². The quantitative estimate of drug-likeness (QED) is 0.346. The van der Waals surface area contributed by atoms with E-state index >= 15 is 0 Å². The van der Waals surface area contributed by atoms with Crippen molar-refractivity contribution in [3.8, 4) is 0 Å². The molecule has 1 saturated heterocycles. The fraction of sp³-hybridized carbons (Fsp3) is 0.529. The lowest BCUT2D eigenvalue weighted by molar-refractivity contribution is -0.147. The second-order valence-electron chi connectivity index (χ2n) is 6.34. The first-order chi connectivity index (χ1) is 12.0. The fourth-order valence-electron chi connectivity index (χ4n) is 3.29. The fourth-order valence-corrected chi connectivity index (χ4v) is 3.99. The number of carbonyl (C=O) groups excluding carboxylic acids is 4. The summed E-state index contributed by atoms with van der Waals surface area (Å²) in [5.74, 6) is -0.953. The summed E-state index contributed by atoms with van der Waals surface area (Å²) in [7, 11) is 0. The summed E-state index contributed by atoms with van der Waals surface area (Å²) < 4.78 is 5.06. The number of amides is 3. The van der Waals surface area contributed by atoms with Gasteiger partial charge in [-0.1, -0.05) is 18.9 Å². The summed E-state index contributed by atoms with van der Waals surface area (Å²) in [5, 5.41) is 4.55. The average molecular weight is 364 g/mol. The molecule has 2 fully saturated rings. The van der Waals surface area contributed by atoms with Crippen LogP contribution in [0.1, 0.15) is 48.2 Å². The SMILES string of the molecule is O=C(CN1C(=O)NC2(CCCC2)C1=O)OCCCC(=O)c1cccs1. The molecule has 0 aromatic carbocycles. The van der Waals surface area contributed by atoms with Crippen molar-refractivity contribution in [3.05, 3.63) is 22.4 Å². The minimum atomic E-state index is -0.815. The molecule has 0 bridgehead atoms. The maximum absolute atomic E-state index is 12.4. The second-order valence-corrected chi connectivity index (χ2v) is 7.28. The Morgan fingerprint density at radius 2 is 2.04 bits per heavy atom. The third-order valence-corrected chi connectivity index (χ3v) is 5.51. The highest BCUT2D eigenvalue weighted by Crippen LogP contribution is 2.34. The number of hydrogen-bond donors (Lipinski definition) is 1. The Hall–Kier alpha value is -2.22. The van der Waals surface area contributed by atoms with Crippen LogP contribution in [0.15, 0.2) is 17.5 Å². The van der Waals surface area contributed by atoms with Gasteiger partial charge in [-0.25, -0.2) is 4.79 Å². The number of thiophene rings is 1. The van der Waals surface area contributed by atoms with Crippen LogP contribution in [0.4, 0.5) is 4.79 Å². The van der Waals surface area contributed by atoms with Crippen molar-refractivity contribution in [2.45, 2.75) is 44.1 Å². The van der Waals surface area contributed by atoms with E-state index in [1.807, 2.05) is 11.4 Å². The van der Waals surface area contributed by atoms with E-state index < -0.39 is 17.5 Å². The Kier molecular flexibility index (Phi) is 5.17. The first-order valence-electron chi connectivity index (χ1n) is 8.38. The van der Waals surface area contributed by atoms with E-state index in [1.165, 1.54) is 11.3 Å². The molecule has 3 amide bonds. The summed E-state index contributed by atoms with van der Waals surface area (Å²) in [6.45, 7) is -0.296. The van der Waals surface area contributed by atoms with E-state index in [1.54, 1.807) is 6.07 Å². The van der Waals surface area contributed by atoms with Crippen molar-refractivity contribution >= 4 is 35.0 Å². The molecule has 2 aliphatic rings. The van der Waals surface area contributed by atoms with Gasteiger partial charge < -0.3 is 10.1 Å². The summed E-state index contributed by atoms with van der Waals surface area (Å²) >= 11 is 1.38. The number of urea groups is 1. The summed E-state index contributed by atoms with van der Waals surface area (Å²) in [5.41, 5.74) is -0.815. The molecule has 1 spiro atoms. The predicted molar refractivity (Wildman–Crippen MR) is 90.3 cm³/mol. The Bertz CT molecular complexity index is 679. The molecule has 134 valence electrons. The molecule has 1 aromatic heterocycles. The zero-order valence-corrected chi connectivity index (χ0v) is 14.6. The lowest BCUT2D eigenvalue weighted by Gasteiger charge is -2.19.